The average molecular weight is 301 g/mol. The van der Waals surface area contributed by atoms with E-state index < -0.39 is 0 Å². The van der Waals surface area contributed by atoms with Gasteiger partial charge < -0.3 is 10.6 Å². The zero-order valence-electron chi connectivity index (χ0n) is 12.4. The van der Waals surface area contributed by atoms with Crippen LogP contribution in [0.1, 0.15) is 57.8 Å². The third kappa shape index (κ3) is 3.30. The number of likely N-dealkylation sites (tertiary alicyclic amines) is 1. The lowest BCUT2D eigenvalue weighted by Gasteiger charge is -2.44. The molecule has 0 aromatic rings. The van der Waals surface area contributed by atoms with Crippen molar-refractivity contribution in [2.24, 2.45) is 23.5 Å². The Kier molecular flexibility index (Phi) is 5.74. The molecule has 1 amide bonds. The molecule has 0 spiro atoms. The SMILES string of the molecule is Cl.NC1C2CCCC1CC(C(=O)N1CCCCCC1)C2. The Labute approximate surface area is 129 Å². The number of carbonyl (C=O) groups excluding carboxylic acids is 1. The molecule has 3 rings (SSSR count). The van der Waals surface area contributed by atoms with Crippen LogP contribution in [0.3, 0.4) is 0 Å². The maximum atomic E-state index is 12.7. The van der Waals surface area contributed by atoms with E-state index in [1.54, 1.807) is 0 Å². The third-order valence-corrected chi connectivity index (χ3v) is 5.68. The van der Waals surface area contributed by atoms with Gasteiger partial charge in [-0.25, -0.2) is 0 Å². The molecule has 2 saturated carbocycles. The molecule has 20 heavy (non-hydrogen) atoms. The Balaban J connectivity index is 0.00000147. The van der Waals surface area contributed by atoms with Crippen LogP contribution in [0, 0.1) is 17.8 Å². The van der Waals surface area contributed by atoms with Gasteiger partial charge in [0.1, 0.15) is 0 Å². The third-order valence-electron chi connectivity index (χ3n) is 5.68. The zero-order valence-corrected chi connectivity index (χ0v) is 13.2. The number of carbonyl (C=O) groups is 1. The molecule has 1 heterocycles. The molecule has 2 N–H and O–H groups in total. The Morgan fingerprint density at radius 3 is 2.00 bits per heavy atom. The number of hydrogen-bond acceptors (Lipinski definition) is 2. The van der Waals surface area contributed by atoms with Crippen molar-refractivity contribution in [3.05, 3.63) is 0 Å². The van der Waals surface area contributed by atoms with Crippen molar-refractivity contribution in [2.45, 2.75) is 63.8 Å². The summed E-state index contributed by atoms with van der Waals surface area (Å²) in [5.41, 5.74) is 6.33. The molecule has 1 saturated heterocycles. The van der Waals surface area contributed by atoms with Gasteiger partial charge in [-0.15, -0.1) is 12.4 Å². The van der Waals surface area contributed by atoms with E-state index in [-0.39, 0.29) is 18.3 Å². The Morgan fingerprint density at radius 1 is 0.900 bits per heavy atom. The molecule has 0 radical (unpaired) electrons. The average Bonchev–Trinajstić information content (AvgIpc) is 2.66. The molecule has 116 valence electrons. The summed E-state index contributed by atoms with van der Waals surface area (Å²) in [6.45, 7) is 1.99. The van der Waals surface area contributed by atoms with Crippen molar-refractivity contribution < 1.29 is 4.79 Å². The Morgan fingerprint density at radius 2 is 1.45 bits per heavy atom. The van der Waals surface area contributed by atoms with Gasteiger partial charge in [-0.3, -0.25) is 4.79 Å². The van der Waals surface area contributed by atoms with Crippen LogP contribution < -0.4 is 5.73 Å². The van der Waals surface area contributed by atoms with E-state index in [2.05, 4.69) is 4.90 Å². The van der Waals surface area contributed by atoms with E-state index in [1.165, 1.54) is 44.9 Å². The number of nitrogens with zero attached hydrogens (tertiary/aromatic N) is 1. The standard InChI is InChI=1S/C16H28N2O.ClH/c17-15-12-6-5-7-13(15)11-14(10-12)16(19)18-8-3-1-2-4-9-18;/h12-15H,1-11,17H2;1H. The molecule has 2 aliphatic carbocycles. The second-order valence-corrected chi connectivity index (χ2v) is 6.94. The molecule has 0 aromatic heterocycles. The fraction of sp³-hybridized carbons (Fsp3) is 0.938. The molecule has 0 aromatic carbocycles. The minimum Gasteiger partial charge on any atom is -0.342 e. The fourth-order valence-electron chi connectivity index (χ4n) is 4.54. The summed E-state index contributed by atoms with van der Waals surface area (Å²) >= 11 is 0. The lowest BCUT2D eigenvalue weighted by molar-refractivity contribution is -0.138. The molecular formula is C16H29ClN2O. The van der Waals surface area contributed by atoms with Gasteiger partial charge in [0.05, 0.1) is 0 Å². The minimum atomic E-state index is 0. The first kappa shape index (κ1) is 16.1. The molecule has 4 heteroatoms. The summed E-state index contributed by atoms with van der Waals surface area (Å²) in [6.07, 6.45) is 10.9. The zero-order chi connectivity index (χ0) is 13.2. The normalized spacial score (nSPS) is 37.8. The van der Waals surface area contributed by atoms with Gasteiger partial charge in [0, 0.05) is 25.0 Å². The summed E-state index contributed by atoms with van der Waals surface area (Å²) < 4.78 is 0. The van der Waals surface area contributed by atoms with Crippen LogP contribution >= 0.6 is 12.4 Å². The second kappa shape index (κ2) is 7.13. The highest BCUT2D eigenvalue weighted by Crippen LogP contribution is 2.42. The molecule has 3 nitrogen and oxygen atoms in total. The highest BCUT2D eigenvalue weighted by Gasteiger charge is 2.41. The molecule has 2 unspecified atom stereocenters. The van der Waals surface area contributed by atoms with Crippen molar-refractivity contribution in [2.75, 3.05) is 13.1 Å². The number of nitrogens with two attached hydrogens (primary N) is 1. The topological polar surface area (TPSA) is 46.3 Å². The smallest absolute Gasteiger partial charge is 0.225 e. The van der Waals surface area contributed by atoms with Gasteiger partial charge in [-0.05, 0) is 50.4 Å². The number of rotatable bonds is 1. The molecular weight excluding hydrogens is 272 g/mol. The Hall–Kier alpha value is -0.280. The summed E-state index contributed by atoms with van der Waals surface area (Å²) in [4.78, 5) is 14.9. The maximum absolute atomic E-state index is 12.7. The van der Waals surface area contributed by atoms with Gasteiger partial charge in [0.15, 0.2) is 0 Å². The van der Waals surface area contributed by atoms with Crippen molar-refractivity contribution in [3.8, 4) is 0 Å². The van der Waals surface area contributed by atoms with Crippen LogP contribution in [0.25, 0.3) is 0 Å². The van der Waals surface area contributed by atoms with Crippen LogP contribution in [-0.4, -0.2) is 29.9 Å². The van der Waals surface area contributed by atoms with E-state index in [1.807, 2.05) is 0 Å². The van der Waals surface area contributed by atoms with Gasteiger partial charge in [-0.1, -0.05) is 19.3 Å². The first-order chi connectivity index (χ1) is 9.25. The lowest BCUT2D eigenvalue weighted by Crippen LogP contribution is -2.49. The van der Waals surface area contributed by atoms with Crippen LogP contribution in [0.15, 0.2) is 0 Å². The van der Waals surface area contributed by atoms with Crippen LogP contribution in [0.5, 0.6) is 0 Å². The van der Waals surface area contributed by atoms with Crippen molar-refractivity contribution in [3.63, 3.8) is 0 Å². The van der Waals surface area contributed by atoms with Crippen molar-refractivity contribution in [1.29, 1.82) is 0 Å². The molecule has 2 bridgehead atoms. The first-order valence-corrected chi connectivity index (χ1v) is 8.30. The minimum absolute atomic E-state index is 0. The van der Waals surface area contributed by atoms with Crippen molar-refractivity contribution in [1.82, 2.24) is 4.90 Å². The van der Waals surface area contributed by atoms with E-state index in [0.717, 1.165) is 25.9 Å². The van der Waals surface area contributed by atoms with Crippen LogP contribution in [0.2, 0.25) is 0 Å². The number of amides is 1. The number of halogens is 1. The van der Waals surface area contributed by atoms with Gasteiger partial charge in [0.2, 0.25) is 5.91 Å². The molecule has 3 fully saturated rings. The van der Waals surface area contributed by atoms with Gasteiger partial charge >= 0.3 is 0 Å². The number of hydrogen-bond donors (Lipinski definition) is 1. The number of fused-ring (bicyclic) bond motifs is 2. The Bertz CT molecular complexity index is 314. The van der Waals surface area contributed by atoms with E-state index in [4.69, 9.17) is 5.73 Å². The molecule has 3 aliphatic rings. The first-order valence-electron chi connectivity index (χ1n) is 8.30. The van der Waals surface area contributed by atoms with Gasteiger partial charge in [-0.2, -0.15) is 0 Å². The fourth-order valence-corrected chi connectivity index (χ4v) is 4.54. The highest BCUT2D eigenvalue weighted by molar-refractivity contribution is 5.85. The monoisotopic (exact) mass is 300 g/mol. The quantitative estimate of drug-likeness (QED) is 0.809. The molecule has 2 atom stereocenters. The summed E-state index contributed by atoms with van der Waals surface area (Å²) in [6, 6.07) is 0.377. The van der Waals surface area contributed by atoms with E-state index in [0.29, 0.717) is 23.8 Å². The van der Waals surface area contributed by atoms with E-state index in [9.17, 15) is 4.79 Å². The molecule has 1 aliphatic heterocycles. The summed E-state index contributed by atoms with van der Waals surface area (Å²) in [5, 5.41) is 0. The summed E-state index contributed by atoms with van der Waals surface area (Å²) in [5.74, 6) is 1.97. The summed E-state index contributed by atoms with van der Waals surface area (Å²) in [7, 11) is 0. The lowest BCUT2D eigenvalue weighted by atomic mass is 9.65. The maximum Gasteiger partial charge on any atom is 0.225 e. The predicted molar refractivity (Wildman–Crippen MR) is 83.8 cm³/mol. The van der Waals surface area contributed by atoms with Crippen molar-refractivity contribution >= 4 is 18.3 Å². The predicted octanol–water partition coefficient (Wildman–Crippen LogP) is 2.96. The van der Waals surface area contributed by atoms with E-state index >= 15 is 0 Å². The van der Waals surface area contributed by atoms with Crippen LogP contribution in [0.4, 0.5) is 0 Å². The van der Waals surface area contributed by atoms with Gasteiger partial charge in [0.25, 0.3) is 0 Å². The highest BCUT2D eigenvalue weighted by atomic mass is 35.5. The van der Waals surface area contributed by atoms with Crippen LogP contribution in [-0.2, 0) is 4.79 Å². The second-order valence-electron chi connectivity index (χ2n) is 6.94. The largest absolute Gasteiger partial charge is 0.342 e.